The Kier molecular flexibility index (Phi) is 5.03. The van der Waals surface area contributed by atoms with E-state index in [0.29, 0.717) is 5.70 Å². The predicted octanol–water partition coefficient (Wildman–Crippen LogP) is 1.98. The minimum Gasteiger partial charge on any atom is -0.325 e. The summed E-state index contributed by atoms with van der Waals surface area (Å²) in [6.07, 6.45) is 6.28. The second-order valence-electron chi connectivity index (χ2n) is 3.04. The van der Waals surface area contributed by atoms with Crippen LogP contribution < -0.4 is 5.32 Å². The zero-order valence-electron chi connectivity index (χ0n) is 9.22. The number of hydrogen-bond acceptors (Lipinski definition) is 4. The van der Waals surface area contributed by atoms with E-state index in [1.807, 2.05) is 0 Å². The highest BCUT2D eigenvalue weighted by Crippen LogP contribution is 2.01. The fraction of sp³-hybridized carbons (Fsp3) is 0.0909. The van der Waals surface area contributed by atoms with Crippen LogP contribution in [-0.2, 0) is 0 Å². The number of amides is 1. The number of rotatable bonds is 4. The Morgan fingerprint density at radius 2 is 2.41 bits per heavy atom. The van der Waals surface area contributed by atoms with Crippen LogP contribution in [0.15, 0.2) is 41.3 Å². The van der Waals surface area contributed by atoms with Crippen LogP contribution in [0.5, 0.6) is 0 Å². The van der Waals surface area contributed by atoms with Crippen LogP contribution in [0.3, 0.4) is 0 Å². The average molecular weight is 251 g/mol. The molecular formula is C11H11ClN4O. The van der Waals surface area contributed by atoms with Crippen molar-refractivity contribution in [3.63, 3.8) is 0 Å². The van der Waals surface area contributed by atoms with Gasteiger partial charge in [0, 0.05) is 18.1 Å². The van der Waals surface area contributed by atoms with Crippen LogP contribution in [0.4, 0.5) is 0 Å². The van der Waals surface area contributed by atoms with Crippen LogP contribution in [0.2, 0.25) is 5.28 Å². The maximum atomic E-state index is 11.7. The number of nitrogens with one attached hydrogen (secondary N) is 1. The molecule has 0 aliphatic rings. The summed E-state index contributed by atoms with van der Waals surface area (Å²) in [5.41, 5.74) is 0.869. The van der Waals surface area contributed by atoms with Crippen molar-refractivity contribution in [1.29, 1.82) is 0 Å². The van der Waals surface area contributed by atoms with Gasteiger partial charge in [-0.3, -0.25) is 9.79 Å². The summed E-state index contributed by atoms with van der Waals surface area (Å²) < 4.78 is 0. The highest BCUT2D eigenvalue weighted by atomic mass is 35.5. The van der Waals surface area contributed by atoms with Gasteiger partial charge >= 0.3 is 0 Å². The second kappa shape index (κ2) is 6.55. The van der Waals surface area contributed by atoms with Gasteiger partial charge in [-0.05, 0) is 43.5 Å². The summed E-state index contributed by atoms with van der Waals surface area (Å²) in [7, 11) is 0. The first-order valence-electron chi connectivity index (χ1n) is 4.72. The van der Waals surface area contributed by atoms with Crippen molar-refractivity contribution in [3.05, 3.63) is 47.3 Å². The third-order valence-corrected chi connectivity index (χ3v) is 1.89. The molecule has 0 aliphatic carbocycles. The first kappa shape index (κ1) is 13.1. The van der Waals surface area contributed by atoms with E-state index in [0.717, 1.165) is 0 Å². The van der Waals surface area contributed by atoms with Crippen molar-refractivity contribution >= 4 is 24.2 Å². The van der Waals surface area contributed by atoms with Crippen LogP contribution in [0.1, 0.15) is 17.4 Å². The highest BCUT2D eigenvalue weighted by Gasteiger charge is 2.07. The van der Waals surface area contributed by atoms with Crippen LogP contribution in [0.25, 0.3) is 0 Å². The molecule has 17 heavy (non-hydrogen) atoms. The summed E-state index contributed by atoms with van der Waals surface area (Å²) in [5, 5.41) is 2.68. The Labute approximate surface area is 104 Å². The molecule has 0 saturated heterocycles. The van der Waals surface area contributed by atoms with E-state index in [9.17, 15) is 4.79 Å². The number of allylic oxidation sites excluding steroid dienone is 3. The van der Waals surface area contributed by atoms with Gasteiger partial charge in [0.25, 0.3) is 5.91 Å². The van der Waals surface area contributed by atoms with Gasteiger partial charge in [-0.15, -0.1) is 0 Å². The zero-order chi connectivity index (χ0) is 12.7. The lowest BCUT2D eigenvalue weighted by Gasteiger charge is -2.03. The molecule has 1 aromatic rings. The lowest BCUT2D eigenvalue weighted by Crippen LogP contribution is -2.22. The number of hydrogen-bond donors (Lipinski definition) is 1. The number of carbonyl (C=O) groups is 1. The molecule has 5 nitrogen and oxygen atoms in total. The highest BCUT2D eigenvalue weighted by molar-refractivity contribution is 6.28. The van der Waals surface area contributed by atoms with Gasteiger partial charge in [-0.2, -0.15) is 0 Å². The zero-order valence-corrected chi connectivity index (χ0v) is 9.98. The molecule has 0 aromatic carbocycles. The third kappa shape index (κ3) is 4.56. The molecule has 0 radical (unpaired) electrons. The Bertz CT molecular complexity index is 482. The Morgan fingerprint density at radius 3 is 3.06 bits per heavy atom. The molecule has 1 rings (SSSR count). The number of halogens is 1. The predicted molar refractivity (Wildman–Crippen MR) is 67.0 cm³/mol. The van der Waals surface area contributed by atoms with Gasteiger partial charge in [-0.1, -0.05) is 0 Å². The number of carbonyl (C=O) groups excluding carboxylic acids is 1. The summed E-state index contributed by atoms with van der Waals surface area (Å²) in [6, 6.07) is 1.48. The van der Waals surface area contributed by atoms with Crippen LogP contribution in [-0.4, -0.2) is 22.6 Å². The molecule has 1 aromatic heterocycles. The standard InChI is InChI=1S/C11H11ClN4O/c1-8(4-3-6-13-2)15-10(17)9-5-7-14-11(12)16-9/h3-7H,2H2,1H3,(H,15,17)/b6-3-,8-4+. The van der Waals surface area contributed by atoms with Gasteiger partial charge in [0.05, 0.1) is 0 Å². The molecule has 6 heteroatoms. The van der Waals surface area contributed by atoms with Crippen LogP contribution in [0, 0.1) is 0 Å². The van der Waals surface area contributed by atoms with Crippen molar-refractivity contribution in [3.8, 4) is 0 Å². The molecule has 0 spiro atoms. The van der Waals surface area contributed by atoms with Crippen molar-refractivity contribution in [2.45, 2.75) is 6.92 Å². The minimum absolute atomic E-state index is 0.0371. The fourth-order valence-electron chi connectivity index (χ4n) is 0.994. The molecule has 1 N–H and O–H groups in total. The van der Waals surface area contributed by atoms with E-state index >= 15 is 0 Å². The summed E-state index contributed by atoms with van der Waals surface area (Å²) in [6.45, 7) is 5.03. The molecule has 1 amide bonds. The SMILES string of the molecule is C=N/C=C\C=C(/C)NC(=O)c1ccnc(Cl)n1. The minimum atomic E-state index is -0.344. The first-order valence-corrected chi connectivity index (χ1v) is 5.10. The van der Waals surface area contributed by atoms with Crippen molar-refractivity contribution < 1.29 is 4.79 Å². The van der Waals surface area contributed by atoms with Crippen LogP contribution >= 0.6 is 11.6 Å². The molecule has 0 unspecified atom stereocenters. The largest absolute Gasteiger partial charge is 0.325 e. The topological polar surface area (TPSA) is 67.2 Å². The Hall–Kier alpha value is -2.01. The molecule has 0 saturated carbocycles. The monoisotopic (exact) mass is 250 g/mol. The Morgan fingerprint density at radius 1 is 1.65 bits per heavy atom. The quantitative estimate of drug-likeness (QED) is 0.505. The van der Waals surface area contributed by atoms with Gasteiger partial charge < -0.3 is 5.32 Å². The van der Waals surface area contributed by atoms with E-state index in [1.165, 1.54) is 18.5 Å². The molecule has 0 bridgehead atoms. The molecule has 0 atom stereocenters. The third-order valence-electron chi connectivity index (χ3n) is 1.71. The van der Waals surface area contributed by atoms with Crippen molar-refractivity contribution in [2.75, 3.05) is 0 Å². The Balaban J connectivity index is 2.69. The van der Waals surface area contributed by atoms with E-state index in [2.05, 4.69) is 27.0 Å². The lowest BCUT2D eigenvalue weighted by molar-refractivity contribution is 0.0961. The summed E-state index contributed by atoms with van der Waals surface area (Å²) in [4.78, 5) is 22.7. The number of aliphatic imine (C=N–C) groups is 1. The van der Waals surface area contributed by atoms with E-state index in [1.54, 1.807) is 19.1 Å². The number of nitrogens with zero attached hydrogens (tertiary/aromatic N) is 3. The van der Waals surface area contributed by atoms with E-state index in [4.69, 9.17) is 11.6 Å². The van der Waals surface area contributed by atoms with Gasteiger partial charge in [0.1, 0.15) is 5.69 Å². The van der Waals surface area contributed by atoms with E-state index in [-0.39, 0.29) is 16.9 Å². The lowest BCUT2D eigenvalue weighted by atomic mass is 10.3. The maximum Gasteiger partial charge on any atom is 0.274 e. The summed E-state index contributed by atoms with van der Waals surface area (Å²) >= 11 is 5.58. The van der Waals surface area contributed by atoms with Gasteiger partial charge in [0.2, 0.25) is 5.28 Å². The normalized spacial score (nSPS) is 11.5. The average Bonchev–Trinajstić information content (AvgIpc) is 2.29. The summed E-state index contributed by atoms with van der Waals surface area (Å²) in [5.74, 6) is -0.344. The molecular weight excluding hydrogens is 240 g/mol. The molecule has 0 fully saturated rings. The van der Waals surface area contributed by atoms with Gasteiger partial charge in [0.15, 0.2) is 0 Å². The van der Waals surface area contributed by atoms with Gasteiger partial charge in [-0.25, -0.2) is 9.97 Å². The molecule has 1 heterocycles. The van der Waals surface area contributed by atoms with Crippen molar-refractivity contribution in [1.82, 2.24) is 15.3 Å². The fourth-order valence-corrected chi connectivity index (χ4v) is 1.14. The van der Waals surface area contributed by atoms with Crippen molar-refractivity contribution in [2.24, 2.45) is 4.99 Å². The maximum absolute atomic E-state index is 11.7. The number of aromatic nitrogens is 2. The second-order valence-corrected chi connectivity index (χ2v) is 3.38. The van der Waals surface area contributed by atoms with E-state index < -0.39 is 0 Å². The molecule has 88 valence electrons. The smallest absolute Gasteiger partial charge is 0.274 e. The first-order chi connectivity index (χ1) is 8.13. The molecule has 0 aliphatic heterocycles.